The Bertz CT molecular complexity index is 1060. The normalized spacial score (nSPS) is 17.8. The SMILES string of the molecule is NNc1ncnc2c1CCN(C1CCN(Cc3ccccc3-c3ccc(Br)cc3)CC1)C2. The Labute approximate surface area is 198 Å². The van der Waals surface area contributed by atoms with Crippen LogP contribution in [0.1, 0.15) is 29.7 Å². The molecule has 1 fully saturated rings. The number of aromatic nitrogens is 2. The van der Waals surface area contributed by atoms with Crippen molar-refractivity contribution in [3.63, 3.8) is 0 Å². The van der Waals surface area contributed by atoms with Gasteiger partial charge in [0.15, 0.2) is 0 Å². The lowest BCUT2D eigenvalue weighted by Gasteiger charge is -2.40. The maximum absolute atomic E-state index is 5.62. The van der Waals surface area contributed by atoms with Gasteiger partial charge < -0.3 is 5.43 Å². The molecular weight excluding hydrogens is 464 g/mol. The number of nitrogen functional groups attached to an aromatic ring is 1. The van der Waals surface area contributed by atoms with Crippen molar-refractivity contribution in [1.29, 1.82) is 0 Å². The van der Waals surface area contributed by atoms with E-state index in [9.17, 15) is 0 Å². The van der Waals surface area contributed by atoms with E-state index in [-0.39, 0.29) is 0 Å². The van der Waals surface area contributed by atoms with Crippen LogP contribution in [0.25, 0.3) is 11.1 Å². The number of piperidine rings is 1. The Morgan fingerprint density at radius 1 is 1.00 bits per heavy atom. The average Bonchev–Trinajstić information content (AvgIpc) is 2.85. The molecule has 2 aromatic carbocycles. The van der Waals surface area contributed by atoms with Crippen LogP contribution in [0.5, 0.6) is 0 Å². The molecule has 0 saturated carbocycles. The van der Waals surface area contributed by atoms with E-state index in [0.29, 0.717) is 6.04 Å². The first-order valence-corrected chi connectivity index (χ1v) is 12.1. The quantitative estimate of drug-likeness (QED) is 0.410. The first kappa shape index (κ1) is 21.5. The largest absolute Gasteiger partial charge is 0.308 e. The molecule has 166 valence electrons. The molecule has 6 nitrogen and oxygen atoms in total. The number of nitrogens with one attached hydrogen (secondary N) is 1. The molecule has 0 atom stereocenters. The number of hydrogen-bond donors (Lipinski definition) is 2. The number of anilines is 1. The van der Waals surface area contributed by atoms with Gasteiger partial charge in [0.05, 0.1) is 5.69 Å². The summed E-state index contributed by atoms with van der Waals surface area (Å²) in [7, 11) is 0. The third-order valence-corrected chi connectivity index (χ3v) is 7.34. The molecule has 2 aliphatic rings. The van der Waals surface area contributed by atoms with Gasteiger partial charge in [-0.3, -0.25) is 9.80 Å². The fraction of sp³-hybridized carbons (Fsp3) is 0.360. The number of nitrogens with two attached hydrogens (primary N) is 1. The van der Waals surface area contributed by atoms with Crippen LogP contribution in [0.15, 0.2) is 59.3 Å². The van der Waals surface area contributed by atoms with Crippen molar-refractivity contribution < 1.29 is 0 Å². The summed E-state index contributed by atoms with van der Waals surface area (Å²) in [6.07, 6.45) is 4.96. The third kappa shape index (κ3) is 4.57. The van der Waals surface area contributed by atoms with Crippen molar-refractivity contribution >= 4 is 21.7 Å². The molecular formula is C25H29BrN6. The fourth-order valence-corrected chi connectivity index (χ4v) is 5.33. The number of hydrogen-bond acceptors (Lipinski definition) is 6. The van der Waals surface area contributed by atoms with E-state index in [1.165, 1.54) is 35.1 Å². The second-order valence-electron chi connectivity index (χ2n) is 8.68. The summed E-state index contributed by atoms with van der Waals surface area (Å²) in [5.41, 5.74) is 9.02. The Morgan fingerprint density at radius 2 is 1.78 bits per heavy atom. The molecule has 1 saturated heterocycles. The van der Waals surface area contributed by atoms with Gasteiger partial charge in [0.25, 0.3) is 0 Å². The van der Waals surface area contributed by atoms with Crippen LogP contribution in [-0.4, -0.2) is 45.4 Å². The van der Waals surface area contributed by atoms with Crippen LogP contribution in [-0.2, 0) is 19.5 Å². The first-order valence-electron chi connectivity index (χ1n) is 11.3. The smallest absolute Gasteiger partial charge is 0.146 e. The molecule has 0 unspecified atom stereocenters. The average molecular weight is 493 g/mol. The lowest BCUT2D eigenvalue weighted by atomic mass is 9.96. The second-order valence-corrected chi connectivity index (χ2v) is 9.60. The number of hydrazine groups is 1. The Hall–Kier alpha value is -2.32. The van der Waals surface area contributed by atoms with Gasteiger partial charge in [-0.15, -0.1) is 0 Å². The summed E-state index contributed by atoms with van der Waals surface area (Å²) >= 11 is 3.54. The van der Waals surface area contributed by atoms with E-state index >= 15 is 0 Å². The summed E-state index contributed by atoms with van der Waals surface area (Å²) in [4.78, 5) is 14.0. The Morgan fingerprint density at radius 3 is 2.56 bits per heavy atom. The van der Waals surface area contributed by atoms with E-state index in [0.717, 1.165) is 55.1 Å². The minimum absolute atomic E-state index is 0.616. The van der Waals surface area contributed by atoms with Gasteiger partial charge in [0, 0.05) is 35.7 Å². The van der Waals surface area contributed by atoms with Gasteiger partial charge in [-0.2, -0.15) is 0 Å². The molecule has 3 heterocycles. The van der Waals surface area contributed by atoms with Crippen molar-refractivity contribution in [3.8, 4) is 11.1 Å². The predicted molar refractivity (Wildman–Crippen MR) is 132 cm³/mol. The van der Waals surface area contributed by atoms with Crippen LogP contribution >= 0.6 is 15.9 Å². The molecule has 2 aliphatic heterocycles. The molecule has 0 aliphatic carbocycles. The zero-order valence-corrected chi connectivity index (χ0v) is 19.8. The number of halogens is 1. The molecule has 0 spiro atoms. The maximum atomic E-state index is 5.62. The summed E-state index contributed by atoms with van der Waals surface area (Å²) in [5.74, 6) is 6.39. The van der Waals surface area contributed by atoms with Gasteiger partial charge >= 0.3 is 0 Å². The van der Waals surface area contributed by atoms with Gasteiger partial charge in [0.1, 0.15) is 12.1 Å². The zero-order valence-electron chi connectivity index (χ0n) is 18.2. The number of nitrogens with zero attached hydrogens (tertiary/aromatic N) is 4. The minimum atomic E-state index is 0.616. The van der Waals surface area contributed by atoms with Crippen LogP contribution in [0.3, 0.4) is 0 Å². The molecule has 0 bridgehead atoms. The highest BCUT2D eigenvalue weighted by molar-refractivity contribution is 9.10. The number of rotatable bonds is 5. The van der Waals surface area contributed by atoms with Gasteiger partial charge in [0.2, 0.25) is 0 Å². The maximum Gasteiger partial charge on any atom is 0.146 e. The molecule has 1 aromatic heterocycles. The lowest BCUT2D eigenvalue weighted by molar-refractivity contribution is 0.0937. The zero-order chi connectivity index (χ0) is 21.9. The highest BCUT2D eigenvalue weighted by Gasteiger charge is 2.29. The Kier molecular flexibility index (Phi) is 6.50. The first-order chi connectivity index (χ1) is 15.7. The molecule has 5 rings (SSSR count). The predicted octanol–water partition coefficient (Wildman–Crippen LogP) is 4.21. The molecule has 0 radical (unpaired) electrons. The van der Waals surface area contributed by atoms with Crippen molar-refractivity contribution in [2.75, 3.05) is 25.1 Å². The molecule has 7 heteroatoms. The summed E-state index contributed by atoms with van der Waals surface area (Å²) in [6, 6.07) is 18.0. The van der Waals surface area contributed by atoms with Gasteiger partial charge in [-0.1, -0.05) is 52.3 Å². The van der Waals surface area contributed by atoms with Crippen molar-refractivity contribution in [2.24, 2.45) is 5.84 Å². The molecule has 3 aromatic rings. The van der Waals surface area contributed by atoms with Crippen LogP contribution in [0, 0.1) is 0 Å². The van der Waals surface area contributed by atoms with Gasteiger partial charge in [-0.25, -0.2) is 15.8 Å². The number of likely N-dealkylation sites (tertiary alicyclic amines) is 1. The van der Waals surface area contributed by atoms with Crippen LogP contribution in [0.2, 0.25) is 0 Å². The highest BCUT2D eigenvalue weighted by atomic mass is 79.9. The van der Waals surface area contributed by atoms with Crippen molar-refractivity contribution in [1.82, 2.24) is 19.8 Å². The molecule has 32 heavy (non-hydrogen) atoms. The van der Waals surface area contributed by atoms with E-state index in [4.69, 9.17) is 5.84 Å². The van der Waals surface area contributed by atoms with Crippen LogP contribution < -0.4 is 11.3 Å². The summed E-state index contributed by atoms with van der Waals surface area (Å²) in [5, 5.41) is 0. The van der Waals surface area contributed by atoms with Crippen molar-refractivity contribution in [2.45, 2.75) is 38.4 Å². The number of benzene rings is 2. The standard InChI is InChI=1S/C25H29BrN6/c26-20-7-5-18(6-8-20)22-4-2-1-3-19(22)15-31-12-9-21(10-13-31)32-14-11-23-24(16-32)28-17-29-25(23)30-27/h1-8,17,21H,9-16,27H2,(H,28,29,30). The highest BCUT2D eigenvalue weighted by Crippen LogP contribution is 2.29. The molecule has 3 N–H and O–H groups in total. The lowest BCUT2D eigenvalue weighted by Crippen LogP contribution is -2.46. The van der Waals surface area contributed by atoms with E-state index in [2.05, 4.69) is 89.7 Å². The molecule has 0 amide bonds. The summed E-state index contributed by atoms with van der Waals surface area (Å²) in [6.45, 7) is 5.19. The topological polar surface area (TPSA) is 70.3 Å². The fourth-order valence-electron chi connectivity index (χ4n) is 5.06. The number of fused-ring (bicyclic) bond motifs is 1. The monoisotopic (exact) mass is 492 g/mol. The van der Waals surface area contributed by atoms with Crippen LogP contribution in [0.4, 0.5) is 5.82 Å². The summed E-state index contributed by atoms with van der Waals surface area (Å²) < 4.78 is 1.11. The van der Waals surface area contributed by atoms with E-state index in [1.54, 1.807) is 6.33 Å². The van der Waals surface area contributed by atoms with E-state index < -0.39 is 0 Å². The minimum Gasteiger partial charge on any atom is -0.308 e. The Balaban J connectivity index is 1.21. The van der Waals surface area contributed by atoms with Crippen molar-refractivity contribution in [3.05, 3.63) is 76.2 Å². The van der Waals surface area contributed by atoms with E-state index in [1.807, 2.05) is 0 Å². The second kappa shape index (κ2) is 9.67. The van der Waals surface area contributed by atoms with Gasteiger partial charge in [-0.05, 0) is 61.2 Å². The third-order valence-electron chi connectivity index (χ3n) is 6.81.